The van der Waals surface area contributed by atoms with Gasteiger partial charge in [-0.1, -0.05) is 13.8 Å². The lowest BCUT2D eigenvalue weighted by Crippen LogP contribution is -2.45. The molecule has 0 aliphatic carbocycles. The summed E-state index contributed by atoms with van der Waals surface area (Å²) in [6.45, 7) is 4.32. The van der Waals surface area contributed by atoms with Gasteiger partial charge in [0.2, 0.25) is 0 Å². The molecule has 4 nitrogen and oxygen atoms in total. The van der Waals surface area contributed by atoms with Crippen molar-refractivity contribution in [3.8, 4) is 0 Å². The Morgan fingerprint density at radius 2 is 2.18 bits per heavy atom. The summed E-state index contributed by atoms with van der Waals surface area (Å²) in [6.07, 6.45) is 2.05. The standard InChI is InChI=1S/C7H16N4/c1-6(2)7-5-11(8-3)10(4)9-7/h5-6,8-9H,1-4H3. The topological polar surface area (TPSA) is 30.5 Å². The lowest BCUT2D eigenvalue weighted by Gasteiger charge is -2.22. The fourth-order valence-corrected chi connectivity index (χ4v) is 0.981. The van der Waals surface area contributed by atoms with Crippen molar-refractivity contribution in [2.45, 2.75) is 13.8 Å². The van der Waals surface area contributed by atoms with Crippen molar-refractivity contribution in [3.63, 3.8) is 0 Å². The highest BCUT2D eigenvalue weighted by Crippen LogP contribution is 2.12. The van der Waals surface area contributed by atoms with E-state index in [0.29, 0.717) is 5.92 Å². The van der Waals surface area contributed by atoms with Crippen LogP contribution >= 0.6 is 0 Å². The maximum Gasteiger partial charge on any atom is 0.0568 e. The molecule has 0 unspecified atom stereocenters. The molecule has 0 aromatic rings. The van der Waals surface area contributed by atoms with E-state index in [9.17, 15) is 0 Å². The van der Waals surface area contributed by atoms with Crippen LogP contribution in [0.25, 0.3) is 0 Å². The van der Waals surface area contributed by atoms with E-state index in [1.165, 1.54) is 5.70 Å². The van der Waals surface area contributed by atoms with Gasteiger partial charge in [-0.3, -0.25) is 0 Å². The average Bonchev–Trinajstić information content (AvgIpc) is 2.31. The maximum atomic E-state index is 3.21. The highest BCUT2D eigenvalue weighted by atomic mass is 15.9. The van der Waals surface area contributed by atoms with Crippen LogP contribution in [0.4, 0.5) is 0 Å². The normalized spacial score (nSPS) is 19.0. The van der Waals surface area contributed by atoms with Gasteiger partial charge in [0.25, 0.3) is 0 Å². The predicted octanol–water partition coefficient (Wildman–Crippen LogP) is 0.285. The van der Waals surface area contributed by atoms with E-state index in [2.05, 4.69) is 24.7 Å². The van der Waals surface area contributed by atoms with Crippen LogP contribution in [0.2, 0.25) is 0 Å². The van der Waals surface area contributed by atoms with Crippen molar-refractivity contribution in [2.75, 3.05) is 14.1 Å². The number of hydrazine groups is 3. The van der Waals surface area contributed by atoms with Gasteiger partial charge in [0.1, 0.15) is 0 Å². The van der Waals surface area contributed by atoms with E-state index < -0.39 is 0 Å². The summed E-state index contributed by atoms with van der Waals surface area (Å²) in [5.41, 5.74) is 7.45. The van der Waals surface area contributed by atoms with E-state index in [1.807, 2.05) is 30.5 Å². The first-order chi connectivity index (χ1) is 5.15. The van der Waals surface area contributed by atoms with Gasteiger partial charge >= 0.3 is 0 Å². The second-order valence-electron chi connectivity index (χ2n) is 2.94. The molecular weight excluding hydrogens is 140 g/mol. The number of rotatable bonds is 2. The monoisotopic (exact) mass is 156 g/mol. The van der Waals surface area contributed by atoms with E-state index in [1.54, 1.807) is 0 Å². The van der Waals surface area contributed by atoms with E-state index in [-0.39, 0.29) is 0 Å². The van der Waals surface area contributed by atoms with Gasteiger partial charge in [0.15, 0.2) is 0 Å². The molecule has 1 rings (SSSR count). The fourth-order valence-electron chi connectivity index (χ4n) is 0.981. The molecule has 4 heteroatoms. The molecule has 2 N–H and O–H groups in total. The fraction of sp³-hybridized carbons (Fsp3) is 0.714. The van der Waals surface area contributed by atoms with E-state index in [4.69, 9.17) is 0 Å². The van der Waals surface area contributed by atoms with Crippen LogP contribution in [0, 0.1) is 5.92 Å². The third kappa shape index (κ3) is 1.64. The first-order valence-corrected chi connectivity index (χ1v) is 3.83. The summed E-state index contributed by atoms with van der Waals surface area (Å²) in [6, 6.07) is 0. The lowest BCUT2D eigenvalue weighted by molar-refractivity contribution is -0.00350. The van der Waals surface area contributed by atoms with Crippen molar-refractivity contribution >= 4 is 0 Å². The van der Waals surface area contributed by atoms with Crippen molar-refractivity contribution in [3.05, 3.63) is 11.9 Å². The molecule has 0 aromatic heterocycles. The molecule has 0 saturated heterocycles. The molecular formula is C7H16N4. The highest BCUT2D eigenvalue weighted by molar-refractivity contribution is 5.03. The summed E-state index contributed by atoms with van der Waals surface area (Å²) in [7, 11) is 3.85. The van der Waals surface area contributed by atoms with Crippen LogP contribution in [0.3, 0.4) is 0 Å². The highest BCUT2D eigenvalue weighted by Gasteiger charge is 2.17. The van der Waals surface area contributed by atoms with Crippen molar-refractivity contribution in [1.82, 2.24) is 21.1 Å². The Morgan fingerprint density at radius 3 is 2.45 bits per heavy atom. The van der Waals surface area contributed by atoms with Crippen LogP contribution < -0.4 is 10.9 Å². The molecule has 64 valence electrons. The maximum absolute atomic E-state index is 3.21. The minimum Gasteiger partial charge on any atom is -0.303 e. The Labute approximate surface area is 67.8 Å². The molecule has 1 heterocycles. The molecule has 11 heavy (non-hydrogen) atoms. The van der Waals surface area contributed by atoms with Crippen LogP contribution in [-0.4, -0.2) is 24.3 Å². The summed E-state index contributed by atoms with van der Waals surface area (Å²) in [5.74, 6) is 0.538. The number of allylic oxidation sites excluding steroid dienone is 1. The molecule has 0 radical (unpaired) electrons. The van der Waals surface area contributed by atoms with Crippen molar-refractivity contribution < 1.29 is 0 Å². The van der Waals surface area contributed by atoms with Crippen molar-refractivity contribution in [2.24, 2.45) is 5.92 Å². The molecule has 0 spiro atoms. The Hall–Kier alpha value is -0.740. The second kappa shape index (κ2) is 3.11. The van der Waals surface area contributed by atoms with Gasteiger partial charge in [-0.25, -0.2) is 10.5 Å². The zero-order valence-corrected chi connectivity index (χ0v) is 7.55. The first kappa shape index (κ1) is 8.36. The van der Waals surface area contributed by atoms with E-state index >= 15 is 0 Å². The Balaban J connectivity index is 2.59. The second-order valence-corrected chi connectivity index (χ2v) is 2.94. The molecule has 0 fully saturated rings. The number of nitrogens with one attached hydrogen (secondary N) is 2. The predicted molar refractivity (Wildman–Crippen MR) is 44.7 cm³/mol. The Kier molecular flexibility index (Phi) is 2.36. The molecule has 0 saturated carbocycles. The van der Waals surface area contributed by atoms with Crippen LogP contribution in [-0.2, 0) is 0 Å². The third-order valence-corrected chi connectivity index (χ3v) is 1.73. The third-order valence-electron chi connectivity index (χ3n) is 1.73. The average molecular weight is 156 g/mol. The Bertz CT molecular complexity index is 164. The number of nitrogens with zero attached hydrogens (tertiary/aromatic N) is 2. The Morgan fingerprint density at radius 1 is 1.55 bits per heavy atom. The van der Waals surface area contributed by atoms with E-state index in [0.717, 1.165) is 0 Å². The summed E-state index contributed by atoms with van der Waals surface area (Å²) >= 11 is 0. The molecule has 1 aliphatic rings. The van der Waals surface area contributed by atoms with Gasteiger partial charge in [0, 0.05) is 19.8 Å². The van der Waals surface area contributed by atoms with Crippen LogP contribution in [0.1, 0.15) is 13.8 Å². The molecule has 1 aliphatic heterocycles. The van der Waals surface area contributed by atoms with Gasteiger partial charge in [-0.2, -0.15) is 0 Å². The van der Waals surface area contributed by atoms with Gasteiger partial charge in [-0.15, -0.1) is 5.12 Å². The quantitative estimate of drug-likeness (QED) is 0.601. The van der Waals surface area contributed by atoms with Crippen molar-refractivity contribution in [1.29, 1.82) is 0 Å². The molecule has 0 atom stereocenters. The zero-order valence-electron chi connectivity index (χ0n) is 7.55. The summed E-state index contributed by atoms with van der Waals surface area (Å²) in [5, 5.41) is 3.80. The summed E-state index contributed by atoms with van der Waals surface area (Å²) < 4.78 is 0. The van der Waals surface area contributed by atoms with Crippen LogP contribution in [0.5, 0.6) is 0 Å². The number of hydrogen-bond acceptors (Lipinski definition) is 4. The van der Waals surface area contributed by atoms with Gasteiger partial charge in [0.05, 0.1) is 6.20 Å². The molecule has 0 aromatic carbocycles. The molecule has 0 bridgehead atoms. The first-order valence-electron chi connectivity index (χ1n) is 3.83. The smallest absolute Gasteiger partial charge is 0.0568 e. The SMILES string of the molecule is CNN1C=C(C(C)C)NN1C. The minimum atomic E-state index is 0.538. The molecule has 0 amide bonds. The largest absolute Gasteiger partial charge is 0.303 e. The minimum absolute atomic E-state index is 0.538. The van der Waals surface area contributed by atoms with Gasteiger partial charge in [-0.05, 0) is 5.92 Å². The zero-order chi connectivity index (χ0) is 8.43. The summed E-state index contributed by atoms with van der Waals surface area (Å²) in [4.78, 5) is 0. The van der Waals surface area contributed by atoms with Crippen LogP contribution in [0.15, 0.2) is 11.9 Å². The van der Waals surface area contributed by atoms with Gasteiger partial charge < -0.3 is 5.43 Å². The lowest BCUT2D eigenvalue weighted by atomic mass is 10.2. The number of hydrogen-bond donors (Lipinski definition) is 2.